The summed E-state index contributed by atoms with van der Waals surface area (Å²) in [4.78, 5) is 2.44. The fourth-order valence-electron chi connectivity index (χ4n) is 2.06. The van der Waals surface area contributed by atoms with E-state index in [4.69, 9.17) is 4.74 Å². The number of nitrogens with one attached hydrogen (secondary N) is 1. The van der Waals surface area contributed by atoms with Crippen molar-refractivity contribution < 1.29 is 4.74 Å². The summed E-state index contributed by atoms with van der Waals surface area (Å²) in [5, 5.41) is 3.32. The van der Waals surface area contributed by atoms with Gasteiger partial charge < -0.3 is 10.1 Å². The van der Waals surface area contributed by atoms with Gasteiger partial charge in [-0.2, -0.15) is 0 Å². The topological polar surface area (TPSA) is 24.5 Å². The SMILES string of the molecule is C=CCN(CC1COCC1NC)C(C)C. The maximum atomic E-state index is 5.50. The van der Waals surface area contributed by atoms with E-state index in [2.05, 4.69) is 30.6 Å². The Hall–Kier alpha value is -0.380. The Balaban J connectivity index is 2.45. The van der Waals surface area contributed by atoms with Crippen LogP contribution in [0.4, 0.5) is 0 Å². The van der Waals surface area contributed by atoms with Crippen molar-refractivity contribution in [2.24, 2.45) is 5.92 Å². The van der Waals surface area contributed by atoms with Crippen LogP contribution in [0.5, 0.6) is 0 Å². The van der Waals surface area contributed by atoms with Crippen LogP contribution >= 0.6 is 0 Å². The predicted molar refractivity (Wildman–Crippen MR) is 64.1 cm³/mol. The van der Waals surface area contributed by atoms with Crippen molar-refractivity contribution in [2.45, 2.75) is 25.9 Å². The third kappa shape index (κ3) is 3.59. The molecule has 0 aromatic carbocycles. The highest BCUT2D eigenvalue weighted by atomic mass is 16.5. The lowest BCUT2D eigenvalue weighted by molar-refractivity contribution is 0.160. The number of hydrogen-bond acceptors (Lipinski definition) is 3. The lowest BCUT2D eigenvalue weighted by Crippen LogP contribution is -2.42. The molecular weight excluding hydrogens is 188 g/mol. The van der Waals surface area contributed by atoms with Crippen LogP contribution < -0.4 is 5.32 Å². The summed E-state index contributed by atoms with van der Waals surface area (Å²) in [5.74, 6) is 0.609. The van der Waals surface area contributed by atoms with Crippen LogP contribution in [0.1, 0.15) is 13.8 Å². The summed E-state index contributed by atoms with van der Waals surface area (Å²) in [6.07, 6.45) is 1.98. The molecule has 0 amide bonds. The van der Waals surface area contributed by atoms with E-state index in [0.29, 0.717) is 18.0 Å². The van der Waals surface area contributed by atoms with Crippen molar-refractivity contribution in [3.05, 3.63) is 12.7 Å². The molecule has 1 aliphatic rings. The molecule has 0 saturated carbocycles. The fourth-order valence-corrected chi connectivity index (χ4v) is 2.06. The second kappa shape index (κ2) is 6.26. The maximum absolute atomic E-state index is 5.50. The zero-order valence-corrected chi connectivity index (χ0v) is 10.2. The Morgan fingerprint density at radius 2 is 2.27 bits per heavy atom. The van der Waals surface area contributed by atoms with E-state index in [1.807, 2.05) is 13.1 Å². The van der Waals surface area contributed by atoms with Gasteiger partial charge in [-0.3, -0.25) is 4.90 Å². The van der Waals surface area contributed by atoms with Crippen molar-refractivity contribution in [2.75, 3.05) is 33.4 Å². The first kappa shape index (κ1) is 12.7. The van der Waals surface area contributed by atoms with Crippen LogP contribution in [0, 0.1) is 5.92 Å². The second-order valence-corrected chi connectivity index (χ2v) is 4.53. The van der Waals surface area contributed by atoms with Gasteiger partial charge in [0.15, 0.2) is 0 Å². The van der Waals surface area contributed by atoms with E-state index in [0.717, 1.165) is 26.3 Å². The minimum Gasteiger partial charge on any atom is -0.379 e. The molecule has 0 aromatic rings. The smallest absolute Gasteiger partial charge is 0.0623 e. The Bertz CT molecular complexity index is 194. The molecule has 3 nitrogen and oxygen atoms in total. The summed E-state index contributed by atoms with van der Waals surface area (Å²) in [6, 6.07) is 1.08. The molecule has 2 atom stereocenters. The summed E-state index contributed by atoms with van der Waals surface area (Å²) in [5.41, 5.74) is 0. The van der Waals surface area contributed by atoms with Gasteiger partial charge in [0.2, 0.25) is 0 Å². The lowest BCUT2D eigenvalue weighted by Gasteiger charge is -2.29. The first-order valence-corrected chi connectivity index (χ1v) is 5.79. The zero-order valence-electron chi connectivity index (χ0n) is 10.2. The standard InChI is InChI=1S/C12H24N2O/c1-5-6-14(10(2)3)7-11-8-15-9-12(11)13-4/h5,10-13H,1,6-9H2,2-4H3. The minimum atomic E-state index is 0.510. The van der Waals surface area contributed by atoms with Crippen LogP contribution in [0.3, 0.4) is 0 Å². The average Bonchev–Trinajstić information content (AvgIpc) is 2.64. The molecule has 2 unspecified atom stereocenters. The molecule has 1 heterocycles. The van der Waals surface area contributed by atoms with Gasteiger partial charge in [-0.15, -0.1) is 6.58 Å². The normalized spacial score (nSPS) is 26.5. The Labute approximate surface area is 93.5 Å². The van der Waals surface area contributed by atoms with Crippen molar-refractivity contribution in [3.63, 3.8) is 0 Å². The van der Waals surface area contributed by atoms with Crippen molar-refractivity contribution in [1.29, 1.82) is 0 Å². The van der Waals surface area contributed by atoms with E-state index in [1.54, 1.807) is 0 Å². The summed E-state index contributed by atoms with van der Waals surface area (Å²) in [7, 11) is 2.01. The molecule has 0 aromatic heterocycles. The van der Waals surface area contributed by atoms with Gasteiger partial charge in [0.05, 0.1) is 13.2 Å². The lowest BCUT2D eigenvalue weighted by atomic mass is 10.0. The first-order chi connectivity index (χ1) is 7.19. The van der Waals surface area contributed by atoms with Gasteiger partial charge in [0.1, 0.15) is 0 Å². The van der Waals surface area contributed by atoms with E-state index in [-0.39, 0.29) is 0 Å². The number of hydrogen-bond donors (Lipinski definition) is 1. The van der Waals surface area contributed by atoms with Crippen LogP contribution in [0.2, 0.25) is 0 Å². The summed E-state index contributed by atoms with van der Waals surface area (Å²) in [6.45, 7) is 12.1. The Kier molecular flexibility index (Phi) is 5.29. The van der Waals surface area contributed by atoms with E-state index in [1.165, 1.54) is 0 Å². The Morgan fingerprint density at radius 3 is 2.80 bits per heavy atom. The van der Waals surface area contributed by atoms with Crippen molar-refractivity contribution >= 4 is 0 Å². The molecule has 1 fully saturated rings. The van der Waals surface area contributed by atoms with Gasteiger partial charge >= 0.3 is 0 Å². The summed E-state index contributed by atoms with van der Waals surface area (Å²) >= 11 is 0. The molecule has 1 saturated heterocycles. The zero-order chi connectivity index (χ0) is 11.3. The number of nitrogens with zero attached hydrogens (tertiary/aromatic N) is 1. The number of rotatable bonds is 6. The van der Waals surface area contributed by atoms with Crippen LogP contribution in [0.15, 0.2) is 12.7 Å². The number of ether oxygens (including phenoxy) is 1. The second-order valence-electron chi connectivity index (χ2n) is 4.53. The monoisotopic (exact) mass is 212 g/mol. The molecule has 0 aliphatic carbocycles. The van der Waals surface area contributed by atoms with Crippen molar-refractivity contribution in [1.82, 2.24) is 10.2 Å². The predicted octanol–water partition coefficient (Wildman–Crippen LogP) is 1.12. The highest BCUT2D eigenvalue weighted by Gasteiger charge is 2.28. The molecule has 3 heteroatoms. The van der Waals surface area contributed by atoms with E-state index in [9.17, 15) is 0 Å². The minimum absolute atomic E-state index is 0.510. The van der Waals surface area contributed by atoms with Crippen LogP contribution in [0.25, 0.3) is 0 Å². The van der Waals surface area contributed by atoms with Crippen LogP contribution in [-0.4, -0.2) is 50.3 Å². The Morgan fingerprint density at radius 1 is 1.53 bits per heavy atom. The fraction of sp³-hybridized carbons (Fsp3) is 0.833. The van der Waals surface area contributed by atoms with E-state index < -0.39 is 0 Å². The van der Waals surface area contributed by atoms with Gasteiger partial charge in [-0.1, -0.05) is 6.08 Å². The molecule has 15 heavy (non-hydrogen) atoms. The van der Waals surface area contributed by atoms with Crippen LogP contribution in [-0.2, 0) is 4.74 Å². The van der Waals surface area contributed by atoms with Gasteiger partial charge in [-0.25, -0.2) is 0 Å². The van der Waals surface area contributed by atoms with Crippen molar-refractivity contribution in [3.8, 4) is 0 Å². The summed E-state index contributed by atoms with van der Waals surface area (Å²) < 4.78 is 5.50. The third-order valence-corrected chi connectivity index (χ3v) is 3.13. The number of likely N-dealkylation sites (N-methyl/N-ethyl adjacent to an activating group) is 1. The largest absolute Gasteiger partial charge is 0.379 e. The van der Waals surface area contributed by atoms with Gasteiger partial charge in [0.25, 0.3) is 0 Å². The first-order valence-electron chi connectivity index (χ1n) is 5.79. The molecule has 0 bridgehead atoms. The quantitative estimate of drug-likeness (QED) is 0.668. The molecule has 1 rings (SSSR count). The average molecular weight is 212 g/mol. The molecule has 0 radical (unpaired) electrons. The molecular formula is C12H24N2O. The molecule has 88 valence electrons. The molecule has 1 N–H and O–H groups in total. The molecule has 0 spiro atoms. The van der Waals surface area contributed by atoms with Gasteiger partial charge in [-0.05, 0) is 20.9 Å². The van der Waals surface area contributed by atoms with E-state index >= 15 is 0 Å². The highest BCUT2D eigenvalue weighted by molar-refractivity contribution is 4.85. The highest BCUT2D eigenvalue weighted by Crippen LogP contribution is 2.16. The van der Waals surface area contributed by atoms with Gasteiger partial charge in [0, 0.05) is 31.1 Å². The molecule has 1 aliphatic heterocycles. The maximum Gasteiger partial charge on any atom is 0.0623 e. The third-order valence-electron chi connectivity index (χ3n) is 3.13.